The first-order chi connectivity index (χ1) is 7.30. The number of rotatable bonds is 3. The van der Waals surface area contributed by atoms with Crippen LogP contribution < -0.4 is 0 Å². The van der Waals surface area contributed by atoms with E-state index >= 15 is 0 Å². The summed E-state index contributed by atoms with van der Waals surface area (Å²) in [6.07, 6.45) is 1.48. The molecule has 0 amide bonds. The maximum absolute atomic E-state index is 11.1. The van der Waals surface area contributed by atoms with E-state index in [1.165, 1.54) is 13.0 Å². The fourth-order valence-corrected chi connectivity index (χ4v) is 1.71. The van der Waals surface area contributed by atoms with Crippen LogP contribution in [0.1, 0.15) is 26.3 Å². The monoisotopic (exact) mass is 282 g/mol. The highest BCUT2D eigenvalue weighted by Gasteiger charge is 2.21. The Hall–Kier alpha value is -0.930. The number of benzene rings is 1. The molecule has 0 unspecified atom stereocenters. The Balaban J connectivity index is 3.23. The van der Waals surface area contributed by atoms with Crippen molar-refractivity contribution in [2.75, 3.05) is 0 Å². The zero-order valence-corrected chi connectivity index (χ0v) is 11.2. The maximum atomic E-state index is 11.1. The molecule has 0 atom stereocenters. The minimum absolute atomic E-state index is 0.0694. The van der Waals surface area contributed by atoms with Crippen LogP contribution in [0.4, 0.5) is 0 Å². The second-order valence-electron chi connectivity index (χ2n) is 4.23. The molecule has 0 bridgehead atoms. The van der Waals surface area contributed by atoms with Crippen molar-refractivity contribution in [1.82, 2.24) is 0 Å². The lowest BCUT2D eigenvalue weighted by Crippen LogP contribution is -2.21. The standard InChI is InChI=1S/C13H15BrO2/c1-9(15)8-12(13(2,3)16)10-4-6-11(14)7-5-10/h4-8,16H,1-3H3/b12-8-. The molecule has 1 N–H and O–H groups in total. The van der Waals surface area contributed by atoms with Crippen molar-refractivity contribution >= 4 is 27.3 Å². The number of aliphatic hydroxyl groups is 1. The molecule has 0 saturated carbocycles. The lowest BCUT2D eigenvalue weighted by Gasteiger charge is -2.22. The number of ketones is 1. The van der Waals surface area contributed by atoms with E-state index in [0.717, 1.165) is 10.0 Å². The molecular formula is C13H15BrO2. The van der Waals surface area contributed by atoms with Gasteiger partial charge in [0.1, 0.15) is 0 Å². The van der Waals surface area contributed by atoms with Crippen LogP contribution >= 0.6 is 15.9 Å². The van der Waals surface area contributed by atoms with E-state index in [9.17, 15) is 9.90 Å². The van der Waals surface area contributed by atoms with Gasteiger partial charge in [-0.05, 0) is 50.1 Å². The van der Waals surface area contributed by atoms with E-state index < -0.39 is 5.60 Å². The molecule has 0 heterocycles. The quantitative estimate of drug-likeness (QED) is 0.865. The second kappa shape index (κ2) is 4.93. The highest BCUT2D eigenvalue weighted by atomic mass is 79.9. The molecule has 1 aromatic carbocycles. The number of allylic oxidation sites excluding steroid dienone is 1. The Kier molecular flexibility index (Phi) is 4.05. The van der Waals surface area contributed by atoms with Gasteiger partial charge in [-0.15, -0.1) is 0 Å². The third-order valence-electron chi connectivity index (χ3n) is 2.16. The van der Waals surface area contributed by atoms with Crippen LogP contribution in [0.25, 0.3) is 5.57 Å². The Morgan fingerprint density at radius 3 is 2.19 bits per heavy atom. The Bertz CT molecular complexity index is 411. The lowest BCUT2D eigenvalue weighted by molar-refractivity contribution is -0.112. The number of halogens is 1. The van der Waals surface area contributed by atoms with Gasteiger partial charge in [-0.1, -0.05) is 28.1 Å². The molecule has 1 aromatic rings. The molecule has 0 aromatic heterocycles. The van der Waals surface area contributed by atoms with Gasteiger partial charge in [-0.25, -0.2) is 0 Å². The summed E-state index contributed by atoms with van der Waals surface area (Å²) in [5, 5.41) is 10.0. The Morgan fingerprint density at radius 1 is 1.31 bits per heavy atom. The first-order valence-corrected chi connectivity index (χ1v) is 5.81. The molecule has 16 heavy (non-hydrogen) atoms. The largest absolute Gasteiger partial charge is 0.386 e. The van der Waals surface area contributed by atoms with Gasteiger partial charge in [0.15, 0.2) is 5.78 Å². The van der Waals surface area contributed by atoms with Gasteiger partial charge in [0.2, 0.25) is 0 Å². The van der Waals surface area contributed by atoms with Gasteiger partial charge in [0, 0.05) is 4.47 Å². The van der Waals surface area contributed by atoms with E-state index in [-0.39, 0.29) is 5.78 Å². The normalized spacial score (nSPS) is 12.7. The minimum atomic E-state index is -1.03. The van der Waals surface area contributed by atoms with E-state index in [4.69, 9.17) is 0 Å². The summed E-state index contributed by atoms with van der Waals surface area (Å²) in [4.78, 5) is 11.1. The summed E-state index contributed by atoms with van der Waals surface area (Å²) < 4.78 is 0.967. The lowest BCUT2D eigenvalue weighted by atomic mass is 9.90. The molecule has 3 heteroatoms. The van der Waals surface area contributed by atoms with Gasteiger partial charge in [-0.3, -0.25) is 4.79 Å². The zero-order valence-electron chi connectivity index (χ0n) is 9.62. The van der Waals surface area contributed by atoms with E-state index in [1.807, 2.05) is 24.3 Å². The van der Waals surface area contributed by atoms with Crippen molar-refractivity contribution < 1.29 is 9.90 Å². The van der Waals surface area contributed by atoms with Crippen molar-refractivity contribution in [1.29, 1.82) is 0 Å². The fourth-order valence-electron chi connectivity index (χ4n) is 1.45. The van der Waals surface area contributed by atoms with E-state index in [1.54, 1.807) is 13.8 Å². The number of carbonyl (C=O) groups is 1. The Morgan fingerprint density at radius 2 is 1.81 bits per heavy atom. The summed E-state index contributed by atoms with van der Waals surface area (Å²) in [6.45, 7) is 4.82. The smallest absolute Gasteiger partial charge is 0.153 e. The van der Waals surface area contributed by atoms with Crippen molar-refractivity contribution in [3.63, 3.8) is 0 Å². The summed E-state index contributed by atoms with van der Waals surface area (Å²) in [5.41, 5.74) is 0.456. The predicted octanol–water partition coefficient (Wildman–Crippen LogP) is 3.19. The van der Waals surface area contributed by atoms with Crippen LogP contribution in [0.15, 0.2) is 34.8 Å². The highest BCUT2D eigenvalue weighted by Crippen LogP contribution is 2.27. The van der Waals surface area contributed by atoms with Crippen LogP contribution in [0.5, 0.6) is 0 Å². The third kappa shape index (κ3) is 3.58. The number of hydrogen-bond acceptors (Lipinski definition) is 2. The SMILES string of the molecule is CC(=O)/C=C(/c1ccc(Br)cc1)C(C)(C)O. The maximum Gasteiger partial charge on any atom is 0.153 e. The molecule has 0 radical (unpaired) electrons. The number of carbonyl (C=O) groups excluding carboxylic acids is 1. The van der Waals surface area contributed by atoms with Crippen molar-refractivity contribution in [2.45, 2.75) is 26.4 Å². The zero-order chi connectivity index (χ0) is 12.3. The molecule has 86 valence electrons. The van der Waals surface area contributed by atoms with Crippen molar-refractivity contribution in [2.24, 2.45) is 0 Å². The van der Waals surface area contributed by atoms with Crippen LogP contribution in [-0.2, 0) is 4.79 Å². The summed E-state index contributed by atoms with van der Waals surface area (Å²) in [6, 6.07) is 7.51. The average molecular weight is 283 g/mol. The first-order valence-electron chi connectivity index (χ1n) is 5.02. The van der Waals surface area contributed by atoms with Crippen LogP contribution in [0.2, 0.25) is 0 Å². The third-order valence-corrected chi connectivity index (χ3v) is 2.69. The van der Waals surface area contributed by atoms with Gasteiger partial charge in [-0.2, -0.15) is 0 Å². The molecule has 0 aliphatic carbocycles. The second-order valence-corrected chi connectivity index (χ2v) is 5.15. The molecular weight excluding hydrogens is 268 g/mol. The molecule has 0 fully saturated rings. The van der Waals surface area contributed by atoms with Gasteiger partial charge in [0.25, 0.3) is 0 Å². The molecule has 2 nitrogen and oxygen atoms in total. The summed E-state index contributed by atoms with van der Waals surface area (Å²) >= 11 is 3.35. The molecule has 0 aliphatic heterocycles. The van der Waals surface area contributed by atoms with Crippen molar-refractivity contribution in [3.05, 3.63) is 40.4 Å². The van der Waals surface area contributed by atoms with E-state index in [2.05, 4.69) is 15.9 Å². The molecule has 0 saturated heterocycles. The highest BCUT2D eigenvalue weighted by molar-refractivity contribution is 9.10. The topological polar surface area (TPSA) is 37.3 Å². The van der Waals surface area contributed by atoms with Gasteiger partial charge in [0.05, 0.1) is 5.60 Å². The number of hydrogen-bond donors (Lipinski definition) is 1. The summed E-state index contributed by atoms with van der Waals surface area (Å²) in [7, 11) is 0. The van der Waals surface area contributed by atoms with Crippen LogP contribution in [0, 0.1) is 0 Å². The Labute approximate surface area is 104 Å². The molecule has 0 spiro atoms. The van der Waals surface area contributed by atoms with E-state index in [0.29, 0.717) is 5.57 Å². The predicted molar refractivity (Wildman–Crippen MR) is 69.1 cm³/mol. The average Bonchev–Trinajstić information content (AvgIpc) is 2.14. The van der Waals surface area contributed by atoms with Gasteiger partial charge < -0.3 is 5.11 Å². The first kappa shape index (κ1) is 13.1. The summed E-state index contributed by atoms with van der Waals surface area (Å²) in [5.74, 6) is -0.0694. The molecule has 1 rings (SSSR count). The van der Waals surface area contributed by atoms with Crippen LogP contribution in [-0.4, -0.2) is 16.5 Å². The van der Waals surface area contributed by atoms with Gasteiger partial charge >= 0.3 is 0 Å². The minimum Gasteiger partial charge on any atom is -0.386 e. The van der Waals surface area contributed by atoms with Crippen LogP contribution in [0.3, 0.4) is 0 Å². The van der Waals surface area contributed by atoms with Crippen molar-refractivity contribution in [3.8, 4) is 0 Å². The molecule has 0 aliphatic rings. The fraction of sp³-hybridized carbons (Fsp3) is 0.308.